The van der Waals surface area contributed by atoms with Gasteiger partial charge in [0.15, 0.2) is 0 Å². The number of nitrogens with zero attached hydrogens (tertiary/aromatic N) is 2. The molecule has 2 aliphatic rings. The second-order valence-corrected chi connectivity index (χ2v) is 15.8. The number of hydrogen-bond acceptors (Lipinski definition) is 10. The number of fused-ring (bicyclic) bond motifs is 1. The van der Waals surface area contributed by atoms with Gasteiger partial charge < -0.3 is 25.4 Å². The lowest BCUT2D eigenvalue weighted by molar-refractivity contribution is -0.139. The Morgan fingerprint density at radius 3 is 2.66 bits per heavy atom. The number of likely N-dealkylation sites (tertiary alicyclic amines) is 1. The van der Waals surface area contributed by atoms with Gasteiger partial charge in [-0.15, -0.1) is 11.3 Å². The number of benzene rings is 1. The fraction of sp³-hybridized carbons (Fsp3) is 0.594. The molecule has 0 radical (unpaired) electrons. The van der Waals surface area contributed by atoms with E-state index in [1.54, 1.807) is 39.0 Å². The summed E-state index contributed by atoms with van der Waals surface area (Å²) in [5, 5.41) is 2.68. The number of aromatic nitrogens is 1. The standard InChI is InChI=1S/C32H45N5O8S2/c1-5-44-21-15-16-26-24(19-21)35-31(46-26)47(42,43)36-28(39)22-18-20(22)12-9-7-6-8-10-13-23(34-30(41)45-32(2,3)4)29(40)37-17-11-14-25(37)27(33)38/h9,12,15-16,19-20,22-23,25H,5-8,10-11,13-14,17-18H2,1-4H3,(H2,33,38)(H,34,41)(H,36,39)/b12-9-/t20?,22-,23?,25-/m0/s1. The van der Waals surface area contributed by atoms with Crippen LogP contribution in [0.25, 0.3) is 10.2 Å². The zero-order chi connectivity index (χ0) is 34.4. The number of unbranched alkanes of at least 4 members (excludes halogenated alkanes) is 3. The molecule has 1 saturated heterocycles. The molecule has 13 nitrogen and oxygen atoms in total. The Hall–Kier alpha value is -3.72. The summed E-state index contributed by atoms with van der Waals surface area (Å²) in [5.74, 6) is -1.29. The monoisotopic (exact) mass is 691 g/mol. The van der Waals surface area contributed by atoms with Crippen LogP contribution in [-0.2, 0) is 29.1 Å². The normalized spacial score (nSPS) is 20.3. The molecule has 4 N–H and O–H groups in total. The minimum Gasteiger partial charge on any atom is -0.494 e. The molecule has 47 heavy (non-hydrogen) atoms. The number of carbonyl (C=O) groups excluding carboxylic acids is 4. The fourth-order valence-corrected chi connectivity index (χ4v) is 7.76. The van der Waals surface area contributed by atoms with Crippen LogP contribution in [0.2, 0.25) is 0 Å². The van der Waals surface area contributed by atoms with Gasteiger partial charge in [-0.25, -0.2) is 14.5 Å². The molecule has 0 spiro atoms. The lowest BCUT2D eigenvalue weighted by Gasteiger charge is -2.28. The van der Waals surface area contributed by atoms with Crippen molar-refractivity contribution in [3.63, 3.8) is 0 Å². The molecule has 4 atom stereocenters. The third-order valence-corrected chi connectivity index (χ3v) is 10.7. The van der Waals surface area contributed by atoms with E-state index in [0.29, 0.717) is 61.2 Å². The third-order valence-electron chi connectivity index (χ3n) is 7.89. The van der Waals surface area contributed by atoms with Crippen LogP contribution in [0.15, 0.2) is 34.7 Å². The Labute approximate surface area is 279 Å². The van der Waals surface area contributed by atoms with Crippen molar-refractivity contribution in [1.82, 2.24) is 19.9 Å². The van der Waals surface area contributed by atoms with Crippen molar-refractivity contribution in [2.75, 3.05) is 13.2 Å². The quantitative estimate of drug-likeness (QED) is 0.183. The predicted octanol–water partition coefficient (Wildman–Crippen LogP) is 4.01. The van der Waals surface area contributed by atoms with Crippen LogP contribution in [-0.4, -0.2) is 73.0 Å². The zero-order valence-corrected chi connectivity index (χ0v) is 29.0. The van der Waals surface area contributed by atoms with Crippen LogP contribution in [0.5, 0.6) is 5.75 Å². The van der Waals surface area contributed by atoms with Crippen LogP contribution in [0.1, 0.15) is 79.1 Å². The van der Waals surface area contributed by atoms with E-state index < -0.39 is 51.5 Å². The van der Waals surface area contributed by atoms with Crippen LogP contribution >= 0.6 is 11.3 Å². The van der Waals surface area contributed by atoms with Gasteiger partial charge in [0.1, 0.15) is 23.4 Å². The minimum absolute atomic E-state index is 0.0342. The van der Waals surface area contributed by atoms with E-state index in [-0.39, 0.29) is 16.2 Å². The number of thiazole rings is 1. The predicted molar refractivity (Wildman–Crippen MR) is 177 cm³/mol. The number of rotatable bonds is 15. The van der Waals surface area contributed by atoms with Gasteiger partial charge in [-0.1, -0.05) is 25.0 Å². The number of primary amides is 1. The molecule has 2 unspecified atom stereocenters. The van der Waals surface area contributed by atoms with Crippen LogP contribution in [0.3, 0.4) is 0 Å². The van der Waals surface area contributed by atoms with E-state index >= 15 is 0 Å². The lowest BCUT2D eigenvalue weighted by Crippen LogP contribution is -2.53. The molecule has 2 heterocycles. The molecule has 1 aliphatic heterocycles. The summed E-state index contributed by atoms with van der Waals surface area (Å²) in [4.78, 5) is 56.0. The maximum atomic E-state index is 13.3. The molecule has 4 amide bonds. The molecule has 4 rings (SSSR count). The Balaban J connectivity index is 1.21. The first-order chi connectivity index (χ1) is 22.2. The largest absolute Gasteiger partial charge is 0.494 e. The maximum absolute atomic E-state index is 13.3. The number of nitrogens with two attached hydrogens (primary N) is 1. The van der Waals surface area contributed by atoms with E-state index in [1.165, 1.54) is 4.90 Å². The first kappa shape index (κ1) is 36.1. The molecule has 1 aliphatic carbocycles. The number of sulfonamides is 1. The number of nitrogens with one attached hydrogen (secondary N) is 2. The van der Waals surface area contributed by atoms with Gasteiger partial charge in [-0.05, 0) is 84.3 Å². The molecular weight excluding hydrogens is 647 g/mol. The van der Waals surface area contributed by atoms with E-state index in [9.17, 15) is 27.6 Å². The highest BCUT2D eigenvalue weighted by Gasteiger charge is 2.43. The summed E-state index contributed by atoms with van der Waals surface area (Å²) >= 11 is 0.995. The van der Waals surface area contributed by atoms with Crippen molar-refractivity contribution < 1.29 is 37.1 Å². The summed E-state index contributed by atoms with van der Waals surface area (Å²) in [6.45, 7) is 7.96. The van der Waals surface area contributed by atoms with Gasteiger partial charge in [-0.3, -0.25) is 14.4 Å². The average Bonchev–Trinajstić information content (AvgIpc) is 3.36. The van der Waals surface area contributed by atoms with Gasteiger partial charge in [0, 0.05) is 18.5 Å². The molecule has 2 fully saturated rings. The van der Waals surface area contributed by atoms with E-state index in [0.717, 1.165) is 30.6 Å². The van der Waals surface area contributed by atoms with E-state index in [1.807, 2.05) is 19.1 Å². The van der Waals surface area contributed by atoms with Crippen molar-refractivity contribution in [3.8, 4) is 5.75 Å². The number of ether oxygens (including phenoxy) is 2. The lowest BCUT2D eigenvalue weighted by atomic mass is 10.0. The number of amides is 4. The zero-order valence-electron chi connectivity index (χ0n) is 27.3. The van der Waals surface area contributed by atoms with Crippen molar-refractivity contribution in [1.29, 1.82) is 0 Å². The second kappa shape index (κ2) is 15.5. The Morgan fingerprint density at radius 1 is 1.19 bits per heavy atom. The first-order valence-electron chi connectivity index (χ1n) is 16.0. The van der Waals surface area contributed by atoms with E-state index in [2.05, 4.69) is 15.0 Å². The molecule has 0 bridgehead atoms. The van der Waals surface area contributed by atoms with E-state index in [4.69, 9.17) is 15.2 Å². The highest BCUT2D eigenvalue weighted by Crippen LogP contribution is 2.40. The first-order valence-corrected chi connectivity index (χ1v) is 18.3. The number of allylic oxidation sites excluding steroid dienone is 2. The molecule has 2 aromatic rings. The summed E-state index contributed by atoms with van der Waals surface area (Å²) in [7, 11) is -4.09. The summed E-state index contributed by atoms with van der Waals surface area (Å²) in [6.07, 6.45) is 8.35. The number of hydrogen-bond donors (Lipinski definition) is 3. The SMILES string of the molecule is CCOc1ccc2sc(S(=O)(=O)NC(=O)[C@H]3CC3/C=C\CCCCCC(NC(=O)OC(C)(C)C)C(=O)N3CCC[C@H]3C(N)=O)nc2c1. The highest BCUT2D eigenvalue weighted by atomic mass is 32.2. The highest BCUT2D eigenvalue weighted by molar-refractivity contribution is 7.92. The van der Waals surface area contributed by atoms with Crippen molar-refractivity contribution in [3.05, 3.63) is 30.4 Å². The minimum atomic E-state index is -4.09. The van der Waals surface area contributed by atoms with Crippen LogP contribution in [0, 0.1) is 11.8 Å². The van der Waals surface area contributed by atoms with Gasteiger partial charge in [0.25, 0.3) is 10.0 Å². The number of carbonyl (C=O) groups is 4. The average molecular weight is 692 g/mol. The molecule has 1 aromatic carbocycles. The number of alkyl carbamates (subject to hydrolysis) is 1. The Morgan fingerprint density at radius 2 is 1.96 bits per heavy atom. The fourth-order valence-electron chi connectivity index (χ4n) is 5.53. The summed E-state index contributed by atoms with van der Waals surface area (Å²) < 4.78 is 39.2. The van der Waals surface area contributed by atoms with Gasteiger partial charge in [0.05, 0.1) is 16.8 Å². The van der Waals surface area contributed by atoms with Crippen molar-refractivity contribution >= 4 is 55.4 Å². The summed E-state index contributed by atoms with van der Waals surface area (Å²) in [5.41, 5.74) is 5.26. The van der Waals surface area contributed by atoms with Crippen molar-refractivity contribution in [2.24, 2.45) is 17.6 Å². The molecule has 15 heteroatoms. The maximum Gasteiger partial charge on any atom is 0.408 e. The molecular formula is C32H45N5O8S2. The Kier molecular flexibility index (Phi) is 11.9. The molecule has 258 valence electrons. The van der Waals surface area contributed by atoms with Crippen molar-refractivity contribution in [2.45, 2.75) is 101 Å². The van der Waals surface area contributed by atoms with Crippen LogP contribution < -0.4 is 20.5 Å². The molecule has 1 saturated carbocycles. The van der Waals surface area contributed by atoms with Crippen LogP contribution in [0.4, 0.5) is 4.79 Å². The summed E-state index contributed by atoms with van der Waals surface area (Å²) in [6, 6.07) is 3.66. The topological polar surface area (TPSA) is 187 Å². The second-order valence-electron chi connectivity index (χ2n) is 12.9. The van der Waals surface area contributed by atoms with Gasteiger partial charge in [-0.2, -0.15) is 8.42 Å². The molecule has 1 aromatic heterocycles. The Bertz CT molecular complexity index is 1600. The van der Waals surface area contributed by atoms with Gasteiger partial charge >= 0.3 is 6.09 Å². The van der Waals surface area contributed by atoms with Gasteiger partial charge in [0.2, 0.25) is 22.1 Å². The third kappa shape index (κ3) is 10.1. The smallest absolute Gasteiger partial charge is 0.408 e.